The maximum atomic E-state index is 12.9. The zero-order valence-corrected chi connectivity index (χ0v) is 15.4. The predicted octanol–water partition coefficient (Wildman–Crippen LogP) is 2.66. The van der Waals surface area contributed by atoms with Gasteiger partial charge in [0.1, 0.15) is 5.69 Å². The number of amides is 1. The molecule has 0 unspecified atom stereocenters. The highest BCUT2D eigenvalue weighted by Gasteiger charge is 2.31. The molecular weight excluding hydrogens is 288 g/mol. The van der Waals surface area contributed by atoms with Crippen LogP contribution in [0.5, 0.6) is 0 Å². The first-order valence-electron chi connectivity index (χ1n) is 9.10. The molecule has 5 heteroatoms. The van der Waals surface area contributed by atoms with Crippen LogP contribution in [0.2, 0.25) is 0 Å². The largest absolute Gasteiger partial charge is 0.336 e. The Morgan fingerprint density at radius 3 is 2.61 bits per heavy atom. The zero-order chi connectivity index (χ0) is 17.0. The summed E-state index contributed by atoms with van der Waals surface area (Å²) in [5.41, 5.74) is 1.79. The van der Waals surface area contributed by atoms with Crippen LogP contribution in [0.15, 0.2) is 6.07 Å². The third kappa shape index (κ3) is 4.14. The molecule has 0 radical (unpaired) electrons. The Labute approximate surface area is 140 Å². The number of likely N-dealkylation sites (N-methyl/N-ethyl adjacent to an activating group) is 1. The quantitative estimate of drug-likeness (QED) is 0.775. The van der Waals surface area contributed by atoms with Gasteiger partial charge in [-0.1, -0.05) is 27.7 Å². The summed E-state index contributed by atoms with van der Waals surface area (Å²) < 4.78 is 1.87. The van der Waals surface area contributed by atoms with E-state index in [0.717, 1.165) is 57.0 Å². The summed E-state index contributed by atoms with van der Waals surface area (Å²) in [7, 11) is 0. The van der Waals surface area contributed by atoms with E-state index in [4.69, 9.17) is 0 Å². The lowest BCUT2D eigenvalue weighted by molar-refractivity contribution is 0.0765. The predicted molar refractivity (Wildman–Crippen MR) is 93.7 cm³/mol. The highest BCUT2D eigenvalue weighted by atomic mass is 16.2. The van der Waals surface area contributed by atoms with E-state index in [9.17, 15) is 4.79 Å². The number of hydrogen-bond acceptors (Lipinski definition) is 3. The van der Waals surface area contributed by atoms with Gasteiger partial charge < -0.3 is 4.90 Å². The fraction of sp³-hybridized carbons (Fsp3) is 0.778. The van der Waals surface area contributed by atoms with Gasteiger partial charge in [0.05, 0.1) is 5.69 Å². The van der Waals surface area contributed by atoms with E-state index in [1.54, 1.807) is 0 Å². The van der Waals surface area contributed by atoms with Crippen molar-refractivity contribution in [3.63, 3.8) is 0 Å². The van der Waals surface area contributed by atoms with E-state index in [0.29, 0.717) is 12.0 Å². The molecule has 0 N–H and O–H groups in total. The molecule has 1 aromatic rings. The van der Waals surface area contributed by atoms with Crippen LogP contribution in [0.3, 0.4) is 0 Å². The number of nitrogens with zero attached hydrogens (tertiary/aromatic N) is 4. The van der Waals surface area contributed by atoms with E-state index < -0.39 is 0 Å². The number of hydrogen-bond donors (Lipinski definition) is 0. The summed E-state index contributed by atoms with van der Waals surface area (Å²) in [6, 6.07) is 2.50. The molecule has 130 valence electrons. The SMILES string of the molecule is CCN(CC)[C@@H]1CCN(C(=O)c2cc(CC(C)C)nn2CC)C1. The lowest BCUT2D eigenvalue weighted by atomic mass is 10.1. The summed E-state index contributed by atoms with van der Waals surface area (Å²) in [5.74, 6) is 0.695. The first-order chi connectivity index (χ1) is 11.0. The van der Waals surface area contributed by atoms with Crippen molar-refractivity contribution in [1.29, 1.82) is 0 Å². The van der Waals surface area contributed by atoms with E-state index in [-0.39, 0.29) is 5.91 Å². The standard InChI is InChI=1S/C18H32N4O/c1-6-20(7-2)16-9-10-21(13-16)18(23)17-12-15(11-14(4)5)19-22(17)8-3/h12,14,16H,6-11,13H2,1-5H3/t16-/m1/s1. The van der Waals surface area contributed by atoms with Crippen molar-refractivity contribution in [2.24, 2.45) is 5.92 Å². The molecule has 1 saturated heterocycles. The summed E-state index contributed by atoms with van der Waals surface area (Å²) in [6.07, 6.45) is 2.00. The fourth-order valence-electron chi connectivity index (χ4n) is 3.53. The van der Waals surface area contributed by atoms with Gasteiger partial charge in [-0.25, -0.2) is 0 Å². The van der Waals surface area contributed by atoms with Gasteiger partial charge in [0, 0.05) is 25.7 Å². The molecule has 1 aliphatic rings. The van der Waals surface area contributed by atoms with Crippen LogP contribution >= 0.6 is 0 Å². The number of likely N-dealkylation sites (tertiary alicyclic amines) is 1. The lowest BCUT2D eigenvalue weighted by Gasteiger charge is -2.26. The average Bonchev–Trinajstić information content (AvgIpc) is 3.14. The second-order valence-electron chi connectivity index (χ2n) is 6.85. The number of rotatable bonds is 7. The van der Waals surface area contributed by atoms with Crippen LogP contribution in [0.25, 0.3) is 0 Å². The van der Waals surface area contributed by atoms with Crippen molar-refractivity contribution in [3.05, 3.63) is 17.5 Å². The smallest absolute Gasteiger partial charge is 0.272 e. The van der Waals surface area contributed by atoms with E-state index in [1.165, 1.54) is 0 Å². The maximum absolute atomic E-state index is 12.9. The molecule has 0 bridgehead atoms. The van der Waals surface area contributed by atoms with E-state index in [1.807, 2.05) is 22.6 Å². The molecule has 0 aromatic carbocycles. The van der Waals surface area contributed by atoms with Crippen molar-refractivity contribution in [3.8, 4) is 0 Å². The van der Waals surface area contributed by atoms with Gasteiger partial charge in [-0.3, -0.25) is 14.4 Å². The summed E-state index contributed by atoms with van der Waals surface area (Å²) in [6.45, 7) is 15.3. The van der Waals surface area contributed by atoms with Crippen LogP contribution in [0.1, 0.15) is 57.2 Å². The van der Waals surface area contributed by atoms with Crippen molar-refractivity contribution in [2.75, 3.05) is 26.2 Å². The van der Waals surface area contributed by atoms with Crippen LogP contribution in [0, 0.1) is 5.92 Å². The van der Waals surface area contributed by atoms with E-state index >= 15 is 0 Å². The minimum Gasteiger partial charge on any atom is -0.336 e. The van der Waals surface area contributed by atoms with Crippen molar-refractivity contribution >= 4 is 5.91 Å². The third-order valence-electron chi connectivity index (χ3n) is 4.75. The minimum atomic E-state index is 0.143. The number of carbonyl (C=O) groups is 1. The van der Waals surface area contributed by atoms with Crippen LogP contribution < -0.4 is 0 Å². The molecule has 5 nitrogen and oxygen atoms in total. The summed E-state index contributed by atoms with van der Waals surface area (Å²) in [5, 5.41) is 4.61. The van der Waals surface area contributed by atoms with Crippen molar-refractivity contribution in [2.45, 2.75) is 60.0 Å². The Morgan fingerprint density at radius 1 is 1.35 bits per heavy atom. The Bertz CT molecular complexity index is 519. The normalized spacial score (nSPS) is 18.4. The van der Waals surface area contributed by atoms with Crippen LogP contribution in [0.4, 0.5) is 0 Å². The first-order valence-corrected chi connectivity index (χ1v) is 9.10. The topological polar surface area (TPSA) is 41.4 Å². The zero-order valence-electron chi connectivity index (χ0n) is 15.4. The molecule has 23 heavy (non-hydrogen) atoms. The molecular formula is C18H32N4O. The van der Waals surface area contributed by atoms with Gasteiger partial charge in [-0.05, 0) is 44.8 Å². The number of aromatic nitrogens is 2. The third-order valence-corrected chi connectivity index (χ3v) is 4.75. The minimum absolute atomic E-state index is 0.143. The molecule has 1 atom stereocenters. The first kappa shape index (κ1) is 18.0. The van der Waals surface area contributed by atoms with E-state index in [2.05, 4.69) is 37.7 Å². The van der Waals surface area contributed by atoms with Crippen molar-refractivity contribution < 1.29 is 4.79 Å². The Hall–Kier alpha value is -1.36. The fourth-order valence-corrected chi connectivity index (χ4v) is 3.53. The highest BCUT2D eigenvalue weighted by Crippen LogP contribution is 2.19. The van der Waals surface area contributed by atoms with Crippen molar-refractivity contribution in [1.82, 2.24) is 19.6 Å². The molecule has 2 heterocycles. The molecule has 0 saturated carbocycles. The van der Waals surface area contributed by atoms with Gasteiger partial charge in [0.2, 0.25) is 0 Å². The van der Waals surface area contributed by atoms with Crippen LogP contribution in [-0.4, -0.2) is 57.7 Å². The average molecular weight is 320 g/mol. The maximum Gasteiger partial charge on any atom is 0.272 e. The Balaban J connectivity index is 2.10. The van der Waals surface area contributed by atoms with Gasteiger partial charge in [0.25, 0.3) is 5.91 Å². The second kappa shape index (κ2) is 7.95. The molecule has 2 rings (SSSR count). The molecule has 1 fully saturated rings. The Kier molecular flexibility index (Phi) is 6.22. The number of aryl methyl sites for hydroxylation is 1. The monoisotopic (exact) mass is 320 g/mol. The number of carbonyl (C=O) groups excluding carboxylic acids is 1. The second-order valence-corrected chi connectivity index (χ2v) is 6.85. The van der Waals surface area contributed by atoms with Crippen LogP contribution in [-0.2, 0) is 13.0 Å². The molecule has 1 aliphatic heterocycles. The molecule has 0 aliphatic carbocycles. The van der Waals surface area contributed by atoms with Gasteiger partial charge in [-0.15, -0.1) is 0 Å². The lowest BCUT2D eigenvalue weighted by Crippen LogP contribution is -2.39. The summed E-state index contributed by atoms with van der Waals surface area (Å²) in [4.78, 5) is 17.4. The molecule has 0 spiro atoms. The Morgan fingerprint density at radius 2 is 2.04 bits per heavy atom. The van der Waals surface area contributed by atoms with Gasteiger partial charge >= 0.3 is 0 Å². The highest BCUT2D eigenvalue weighted by molar-refractivity contribution is 5.93. The molecule has 1 aromatic heterocycles. The summed E-state index contributed by atoms with van der Waals surface area (Å²) >= 11 is 0. The van der Waals surface area contributed by atoms with Gasteiger partial charge in [0.15, 0.2) is 0 Å². The molecule has 1 amide bonds. The van der Waals surface area contributed by atoms with Gasteiger partial charge in [-0.2, -0.15) is 5.10 Å².